The molecular formula is C15H27N3O3. The van der Waals surface area contributed by atoms with Crippen LogP contribution in [0.5, 0.6) is 0 Å². The zero-order chi connectivity index (χ0) is 15.6. The molecule has 120 valence electrons. The van der Waals surface area contributed by atoms with Gasteiger partial charge in [0.15, 0.2) is 0 Å². The van der Waals surface area contributed by atoms with E-state index < -0.39 is 11.4 Å². The molecule has 2 aliphatic rings. The van der Waals surface area contributed by atoms with Crippen LogP contribution in [0.2, 0.25) is 0 Å². The Kier molecular flexibility index (Phi) is 4.76. The second-order valence-electron chi connectivity index (χ2n) is 7.01. The van der Waals surface area contributed by atoms with Gasteiger partial charge in [0.2, 0.25) is 0 Å². The lowest BCUT2D eigenvalue weighted by Crippen LogP contribution is -2.52. The fourth-order valence-electron chi connectivity index (χ4n) is 3.24. The third kappa shape index (κ3) is 3.67. The van der Waals surface area contributed by atoms with Crippen molar-refractivity contribution in [1.82, 2.24) is 15.1 Å². The number of nitrogens with one attached hydrogen (secondary N) is 1. The number of piperidine rings is 1. The van der Waals surface area contributed by atoms with E-state index in [1.54, 1.807) is 18.7 Å². The van der Waals surface area contributed by atoms with Gasteiger partial charge in [-0.1, -0.05) is 0 Å². The first-order valence-corrected chi connectivity index (χ1v) is 7.78. The molecule has 0 aliphatic carbocycles. The van der Waals surface area contributed by atoms with E-state index in [4.69, 9.17) is 0 Å². The van der Waals surface area contributed by atoms with Crippen molar-refractivity contribution >= 4 is 12.0 Å². The van der Waals surface area contributed by atoms with Crippen LogP contribution in [0.3, 0.4) is 0 Å². The fraction of sp³-hybridized carbons (Fsp3) is 0.867. The highest BCUT2D eigenvalue weighted by molar-refractivity contribution is 5.76. The van der Waals surface area contributed by atoms with Crippen LogP contribution in [0.15, 0.2) is 0 Å². The third-order valence-corrected chi connectivity index (χ3v) is 5.00. The SMILES string of the molecule is CN1CCC(NC(=O)N2CCCC(C(C)(C)C(=O)O)C2)C1. The van der Waals surface area contributed by atoms with Gasteiger partial charge in [-0.2, -0.15) is 0 Å². The monoisotopic (exact) mass is 297 g/mol. The van der Waals surface area contributed by atoms with Crippen molar-refractivity contribution in [3.8, 4) is 0 Å². The largest absolute Gasteiger partial charge is 0.481 e. The van der Waals surface area contributed by atoms with Crippen LogP contribution < -0.4 is 5.32 Å². The van der Waals surface area contributed by atoms with Crippen LogP contribution >= 0.6 is 0 Å². The topological polar surface area (TPSA) is 72.9 Å². The Morgan fingerprint density at radius 2 is 1.90 bits per heavy atom. The molecule has 2 atom stereocenters. The van der Waals surface area contributed by atoms with Gasteiger partial charge in [-0.05, 0) is 52.6 Å². The minimum absolute atomic E-state index is 0.0146. The molecule has 6 heteroatoms. The van der Waals surface area contributed by atoms with Crippen LogP contribution in [0.1, 0.15) is 33.1 Å². The normalized spacial score (nSPS) is 27.7. The van der Waals surface area contributed by atoms with Gasteiger partial charge < -0.3 is 20.2 Å². The number of hydrogen-bond donors (Lipinski definition) is 2. The van der Waals surface area contributed by atoms with Gasteiger partial charge in [0, 0.05) is 25.7 Å². The molecule has 21 heavy (non-hydrogen) atoms. The number of hydrogen-bond acceptors (Lipinski definition) is 3. The molecule has 0 bridgehead atoms. The first-order valence-electron chi connectivity index (χ1n) is 7.78. The summed E-state index contributed by atoms with van der Waals surface area (Å²) in [6.45, 7) is 6.68. The molecule has 2 saturated heterocycles. The van der Waals surface area contributed by atoms with Crippen LogP contribution in [-0.4, -0.2) is 66.2 Å². The van der Waals surface area contributed by atoms with Crippen LogP contribution in [0, 0.1) is 11.3 Å². The van der Waals surface area contributed by atoms with Crippen molar-refractivity contribution in [3.05, 3.63) is 0 Å². The lowest BCUT2D eigenvalue weighted by atomic mass is 9.74. The Balaban J connectivity index is 1.91. The molecule has 0 aromatic rings. The zero-order valence-corrected chi connectivity index (χ0v) is 13.3. The minimum atomic E-state index is -0.785. The fourth-order valence-corrected chi connectivity index (χ4v) is 3.24. The number of amides is 2. The maximum Gasteiger partial charge on any atom is 0.317 e. The summed E-state index contributed by atoms with van der Waals surface area (Å²) in [6, 6.07) is 0.177. The zero-order valence-electron chi connectivity index (χ0n) is 13.3. The maximum absolute atomic E-state index is 12.4. The molecule has 2 fully saturated rings. The van der Waals surface area contributed by atoms with E-state index in [0.29, 0.717) is 6.54 Å². The lowest BCUT2D eigenvalue weighted by molar-refractivity contribution is -0.151. The number of carboxylic acid groups (broad SMARTS) is 1. The Morgan fingerprint density at radius 3 is 2.48 bits per heavy atom. The average Bonchev–Trinajstić information content (AvgIpc) is 2.84. The van der Waals surface area contributed by atoms with Crippen LogP contribution in [0.4, 0.5) is 4.79 Å². The molecule has 0 aromatic carbocycles. The molecule has 2 heterocycles. The maximum atomic E-state index is 12.4. The van der Waals surface area contributed by atoms with Crippen molar-refractivity contribution in [3.63, 3.8) is 0 Å². The van der Waals surface area contributed by atoms with Gasteiger partial charge in [0.25, 0.3) is 0 Å². The summed E-state index contributed by atoms with van der Waals surface area (Å²) in [5, 5.41) is 12.4. The number of aliphatic carboxylic acids is 1. The van der Waals surface area contributed by atoms with Crippen molar-refractivity contribution in [2.75, 3.05) is 33.2 Å². The number of carbonyl (C=O) groups excluding carboxylic acids is 1. The van der Waals surface area contributed by atoms with E-state index in [2.05, 4.69) is 17.3 Å². The highest BCUT2D eigenvalue weighted by Gasteiger charge is 2.40. The quantitative estimate of drug-likeness (QED) is 0.821. The van der Waals surface area contributed by atoms with Crippen LogP contribution in [-0.2, 0) is 4.79 Å². The highest BCUT2D eigenvalue weighted by atomic mass is 16.4. The summed E-state index contributed by atoms with van der Waals surface area (Å²) in [5.41, 5.74) is -0.785. The molecule has 2 unspecified atom stereocenters. The summed E-state index contributed by atoms with van der Waals surface area (Å²) < 4.78 is 0. The standard InChI is InChI=1S/C15H27N3O3/c1-15(2,13(19)20)11-5-4-7-18(9-11)14(21)16-12-6-8-17(3)10-12/h11-12H,4-10H2,1-3H3,(H,16,21)(H,19,20). The molecule has 0 radical (unpaired) electrons. The molecule has 0 saturated carbocycles. The molecular weight excluding hydrogens is 270 g/mol. The van der Waals surface area contributed by atoms with Gasteiger partial charge in [0.1, 0.15) is 0 Å². The Bertz CT molecular complexity index is 411. The highest BCUT2D eigenvalue weighted by Crippen LogP contribution is 2.34. The van der Waals surface area contributed by atoms with Crippen molar-refractivity contribution in [2.45, 2.75) is 39.2 Å². The number of carbonyl (C=O) groups is 2. The number of likely N-dealkylation sites (tertiary alicyclic amines) is 2. The second kappa shape index (κ2) is 6.22. The summed E-state index contributed by atoms with van der Waals surface area (Å²) in [4.78, 5) is 27.7. The summed E-state index contributed by atoms with van der Waals surface area (Å²) in [7, 11) is 2.05. The Labute approximate surface area is 126 Å². The predicted octanol–water partition coefficient (Wildman–Crippen LogP) is 1.22. The molecule has 0 aromatic heterocycles. The summed E-state index contributed by atoms with van der Waals surface area (Å²) >= 11 is 0. The van der Waals surface area contributed by atoms with Crippen molar-refractivity contribution in [1.29, 1.82) is 0 Å². The van der Waals surface area contributed by atoms with Gasteiger partial charge >= 0.3 is 12.0 Å². The number of likely N-dealkylation sites (N-methyl/N-ethyl adjacent to an activating group) is 1. The molecule has 6 nitrogen and oxygen atoms in total. The Hall–Kier alpha value is -1.30. The molecule has 2 rings (SSSR count). The number of carboxylic acids is 1. The third-order valence-electron chi connectivity index (χ3n) is 5.00. The first kappa shape index (κ1) is 16.1. The van der Waals surface area contributed by atoms with E-state index in [1.165, 1.54) is 0 Å². The minimum Gasteiger partial charge on any atom is -0.481 e. The van der Waals surface area contributed by atoms with Crippen molar-refractivity contribution < 1.29 is 14.7 Å². The first-order chi connectivity index (χ1) is 9.80. The average molecular weight is 297 g/mol. The smallest absolute Gasteiger partial charge is 0.317 e. The van der Waals surface area contributed by atoms with Gasteiger partial charge in [0.05, 0.1) is 5.41 Å². The van der Waals surface area contributed by atoms with Crippen molar-refractivity contribution in [2.24, 2.45) is 11.3 Å². The molecule has 2 amide bonds. The van der Waals surface area contributed by atoms with E-state index in [-0.39, 0.29) is 18.0 Å². The second-order valence-corrected chi connectivity index (χ2v) is 7.01. The molecule has 2 N–H and O–H groups in total. The van der Waals surface area contributed by atoms with E-state index in [0.717, 1.165) is 38.9 Å². The van der Waals surface area contributed by atoms with E-state index in [1.807, 2.05) is 0 Å². The molecule has 2 aliphatic heterocycles. The lowest BCUT2D eigenvalue weighted by Gasteiger charge is -2.39. The Morgan fingerprint density at radius 1 is 1.19 bits per heavy atom. The van der Waals surface area contributed by atoms with Gasteiger partial charge in [-0.15, -0.1) is 0 Å². The van der Waals surface area contributed by atoms with Gasteiger partial charge in [-0.25, -0.2) is 4.79 Å². The summed E-state index contributed by atoms with van der Waals surface area (Å²) in [6.07, 6.45) is 2.73. The number of urea groups is 1. The van der Waals surface area contributed by atoms with Crippen LogP contribution in [0.25, 0.3) is 0 Å². The van der Waals surface area contributed by atoms with E-state index in [9.17, 15) is 14.7 Å². The number of nitrogens with zero attached hydrogens (tertiary/aromatic N) is 2. The molecule has 0 spiro atoms. The predicted molar refractivity (Wildman–Crippen MR) is 80.1 cm³/mol. The number of rotatable bonds is 3. The van der Waals surface area contributed by atoms with E-state index >= 15 is 0 Å². The van der Waals surface area contributed by atoms with Gasteiger partial charge in [-0.3, -0.25) is 4.79 Å². The summed E-state index contributed by atoms with van der Waals surface area (Å²) in [5.74, 6) is -0.770.